The van der Waals surface area contributed by atoms with Gasteiger partial charge in [0.2, 0.25) is 0 Å². The molecule has 124 valence electrons. The zero-order valence-electron chi connectivity index (χ0n) is 12.6. The predicted octanol–water partition coefficient (Wildman–Crippen LogP) is 1.41. The summed E-state index contributed by atoms with van der Waals surface area (Å²) in [5.41, 5.74) is 0. The minimum atomic E-state index is -0.882. The average Bonchev–Trinajstić information content (AvgIpc) is 2.40. The molecule has 0 saturated heterocycles. The van der Waals surface area contributed by atoms with Gasteiger partial charge in [-0.2, -0.15) is 0 Å². The Balaban J connectivity index is 0.000000364. The van der Waals surface area contributed by atoms with Crippen molar-refractivity contribution in [2.24, 2.45) is 11.8 Å². The van der Waals surface area contributed by atoms with Crippen LogP contribution in [0, 0.1) is 11.8 Å². The number of carboxylic acids is 2. The summed E-state index contributed by atoms with van der Waals surface area (Å²) in [6.45, 7) is 0. The van der Waals surface area contributed by atoms with Crippen molar-refractivity contribution in [3.63, 3.8) is 0 Å². The topological polar surface area (TPSA) is 80.3 Å². The molecule has 0 radical (unpaired) electrons. The Morgan fingerprint density at radius 3 is 1.19 bits per heavy atom. The van der Waals surface area contributed by atoms with Gasteiger partial charge in [-0.3, -0.25) is 0 Å². The first-order chi connectivity index (χ1) is 9.58. The molecule has 2 aliphatic rings. The second-order valence-electron chi connectivity index (χ2n) is 6.16. The van der Waals surface area contributed by atoms with E-state index >= 15 is 0 Å². The molecular weight excluding hydrogens is 315 g/mol. The average molecular weight is 341 g/mol. The number of carbonyl (C=O) groups excluding carboxylic acids is 2. The van der Waals surface area contributed by atoms with Gasteiger partial charge in [-0.1, -0.05) is 64.2 Å². The number of carboxylic acid groups (broad SMARTS) is 2. The standard InChI is InChI=1S/2C8H14O2.Ni/c2*9-8(10)6-7-4-2-1-3-5-7;/h2*7H,1-6H2,(H,9,10);/q;;+2/p-2. The van der Waals surface area contributed by atoms with E-state index in [1.54, 1.807) is 0 Å². The summed E-state index contributed by atoms with van der Waals surface area (Å²) in [4.78, 5) is 20.3. The van der Waals surface area contributed by atoms with Crippen LogP contribution in [0.5, 0.6) is 0 Å². The summed E-state index contributed by atoms with van der Waals surface area (Å²) < 4.78 is 0. The van der Waals surface area contributed by atoms with Crippen molar-refractivity contribution in [1.82, 2.24) is 0 Å². The smallest absolute Gasteiger partial charge is 0.550 e. The van der Waals surface area contributed by atoms with Crippen molar-refractivity contribution in [3.8, 4) is 0 Å². The van der Waals surface area contributed by atoms with Crippen LogP contribution in [0.3, 0.4) is 0 Å². The fourth-order valence-corrected chi connectivity index (χ4v) is 3.25. The molecule has 0 amide bonds. The molecule has 0 atom stereocenters. The van der Waals surface area contributed by atoms with Gasteiger partial charge in [-0.25, -0.2) is 0 Å². The molecule has 2 fully saturated rings. The van der Waals surface area contributed by atoms with Gasteiger partial charge in [-0.15, -0.1) is 0 Å². The van der Waals surface area contributed by atoms with Gasteiger partial charge in [0.15, 0.2) is 0 Å². The molecule has 0 aromatic heterocycles. The predicted molar refractivity (Wildman–Crippen MR) is 72.4 cm³/mol. The summed E-state index contributed by atoms with van der Waals surface area (Å²) in [6.07, 6.45) is 12.3. The van der Waals surface area contributed by atoms with E-state index in [2.05, 4.69) is 0 Å². The zero-order chi connectivity index (χ0) is 14.8. The van der Waals surface area contributed by atoms with Gasteiger partial charge < -0.3 is 19.8 Å². The van der Waals surface area contributed by atoms with E-state index in [-0.39, 0.29) is 29.3 Å². The Hall–Kier alpha value is -0.566. The first-order valence-corrected chi connectivity index (χ1v) is 7.97. The molecule has 0 aliphatic heterocycles. The maximum absolute atomic E-state index is 10.2. The largest absolute Gasteiger partial charge is 2.00 e. The number of carbonyl (C=O) groups is 2. The molecule has 0 aromatic carbocycles. The minimum Gasteiger partial charge on any atom is -0.550 e. The fraction of sp³-hybridized carbons (Fsp3) is 0.875. The van der Waals surface area contributed by atoms with Crippen LogP contribution in [0.1, 0.15) is 77.0 Å². The molecule has 2 rings (SSSR count). The summed E-state index contributed by atoms with van der Waals surface area (Å²) in [5, 5.41) is 20.3. The number of hydrogen-bond donors (Lipinski definition) is 0. The molecule has 0 N–H and O–H groups in total. The molecule has 0 heterocycles. The minimum absolute atomic E-state index is 0. The molecule has 0 unspecified atom stereocenters. The van der Waals surface area contributed by atoms with Crippen LogP contribution in [-0.2, 0) is 26.1 Å². The molecule has 0 spiro atoms. The Morgan fingerprint density at radius 2 is 0.952 bits per heavy atom. The normalized spacial score (nSPS) is 19.8. The third kappa shape index (κ3) is 10.8. The molecule has 21 heavy (non-hydrogen) atoms. The van der Waals surface area contributed by atoms with Crippen LogP contribution >= 0.6 is 0 Å². The van der Waals surface area contributed by atoms with Crippen molar-refractivity contribution in [1.29, 1.82) is 0 Å². The van der Waals surface area contributed by atoms with E-state index in [1.165, 1.54) is 38.5 Å². The third-order valence-corrected chi connectivity index (χ3v) is 4.36. The van der Waals surface area contributed by atoms with Crippen molar-refractivity contribution in [3.05, 3.63) is 0 Å². The van der Waals surface area contributed by atoms with Gasteiger partial charge in [0.1, 0.15) is 0 Å². The van der Waals surface area contributed by atoms with E-state index < -0.39 is 11.9 Å². The van der Waals surface area contributed by atoms with E-state index in [0.29, 0.717) is 11.8 Å². The van der Waals surface area contributed by atoms with E-state index in [9.17, 15) is 19.8 Å². The van der Waals surface area contributed by atoms with E-state index in [1.807, 2.05) is 0 Å². The Morgan fingerprint density at radius 1 is 0.667 bits per heavy atom. The van der Waals surface area contributed by atoms with Crippen LogP contribution in [0.25, 0.3) is 0 Å². The molecule has 0 bridgehead atoms. The first kappa shape index (κ1) is 20.4. The summed E-state index contributed by atoms with van der Waals surface area (Å²) in [6, 6.07) is 0. The van der Waals surface area contributed by atoms with Crippen LogP contribution in [0.4, 0.5) is 0 Å². The third-order valence-electron chi connectivity index (χ3n) is 4.36. The maximum Gasteiger partial charge on any atom is 2.00 e. The van der Waals surface area contributed by atoms with Crippen molar-refractivity contribution in [2.45, 2.75) is 77.0 Å². The van der Waals surface area contributed by atoms with Crippen molar-refractivity contribution >= 4 is 11.9 Å². The number of hydrogen-bond acceptors (Lipinski definition) is 4. The van der Waals surface area contributed by atoms with Gasteiger partial charge >= 0.3 is 16.5 Å². The van der Waals surface area contributed by atoms with Gasteiger partial charge in [-0.05, 0) is 24.7 Å². The van der Waals surface area contributed by atoms with Crippen LogP contribution in [-0.4, -0.2) is 11.9 Å². The van der Waals surface area contributed by atoms with Gasteiger partial charge in [0, 0.05) is 11.9 Å². The second-order valence-corrected chi connectivity index (χ2v) is 6.16. The Kier molecular flexibility index (Phi) is 11.7. The Labute approximate surface area is 137 Å². The van der Waals surface area contributed by atoms with Crippen LogP contribution in [0.2, 0.25) is 0 Å². The number of aliphatic carboxylic acids is 2. The molecule has 2 aliphatic carbocycles. The fourth-order valence-electron chi connectivity index (χ4n) is 3.25. The molecular formula is C16H26NiO4. The zero-order valence-corrected chi connectivity index (χ0v) is 13.6. The SMILES string of the molecule is O=C([O-])CC1CCCCC1.O=C([O-])CC1CCCCC1.[Ni+2]. The molecule has 5 heteroatoms. The number of rotatable bonds is 4. The molecule has 2 saturated carbocycles. The summed E-state index contributed by atoms with van der Waals surface area (Å²) in [7, 11) is 0. The van der Waals surface area contributed by atoms with Crippen LogP contribution in [0.15, 0.2) is 0 Å². The summed E-state index contributed by atoms with van der Waals surface area (Å²) in [5.74, 6) is -0.934. The van der Waals surface area contributed by atoms with Crippen molar-refractivity contribution < 1.29 is 36.3 Å². The summed E-state index contributed by atoms with van der Waals surface area (Å²) >= 11 is 0. The molecule has 4 nitrogen and oxygen atoms in total. The van der Waals surface area contributed by atoms with E-state index in [4.69, 9.17) is 0 Å². The first-order valence-electron chi connectivity index (χ1n) is 7.97. The van der Waals surface area contributed by atoms with Gasteiger partial charge in [0.25, 0.3) is 0 Å². The van der Waals surface area contributed by atoms with Gasteiger partial charge in [0.05, 0.1) is 0 Å². The quantitative estimate of drug-likeness (QED) is 0.724. The van der Waals surface area contributed by atoms with Crippen LogP contribution < -0.4 is 10.2 Å². The maximum atomic E-state index is 10.2. The van der Waals surface area contributed by atoms with Crippen molar-refractivity contribution in [2.75, 3.05) is 0 Å². The van der Waals surface area contributed by atoms with E-state index in [0.717, 1.165) is 25.7 Å². The Bertz CT molecular complexity index is 265. The second kappa shape index (κ2) is 12.0. The monoisotopic (exact) mass is 340 g/mol. The molecule has 0 aromatic rings.